The van der Waals surface area contributed by atoms with E-state index in [4.69, 9.17) is 4.98 Å². The first kappa shape index (κ1) is 24.5. The summed E-state index contributed by atoms with van der Waals surface area (Å²) < 4.78 is 5.74. The quantitative estimate of drug-likeness (QED) is 0.221. The largest absolute Gasteiger partial charge is 0.493 e. The molecule has 0 saturated carbocycles. The number of azo groups is 1. The van der Waals surface area contributed by atoms with Gasteiger partial charge >= 0.3 is 5.91 Å². The maximum absolute atomic E-state index is 14.0. The highest BCUT2D eigenvalue weighted by Crippen LogP contribution is 2.39. The van der Waals surface area contributed by atoms with Crippen molar-refractivity contribution in [1.82, 2.24) is 18.5 Å². The van der Waals surface area contributed by atoms with Crippen LogP contribution in [-0.2, 0) is 13.1 Å². The summed E-state index contributed by atoms with van der Waals surface area (Å²) in [6.07, 6.45) is 0. The minimum absolute atomic E-state index is 0.0218. The van der Waals surface area contributed by atoms with Gasteiger partial charge in [-0.25, -0.2) is 4.98 Å². The Morgan fingerprint density at radius 1 is 0.780 bits per heavy atom. The van der Waals surface area contributed by atoms with Crippen LogP contribution in [0.2, 0.25) is 0 Å². The first-order chi connectivity index (χ1) is 20.2. The molecule has 0 unspecified atom stereocenters. The van der Waals surface area contributed by atoms with E-state index in [1.54, 1.807) is 4.57 Å². The van der Waals surface area contributed by atoms with Gasteiger partial charge in [-0.05, 0) is 30.7 Å². The van der Waals surface area contributed by atoms with Crippen molar-refractivity contribution in [2.24, 2.45) is 10.2 Å². The Balaban J connectivity index is 1.44. The molecule has 0 aliphatic heterocycles. The van der Waals surface area contributed by atoms with Gasteiger partial charge in [0.2, 0.25) is 11.7 Å². The lowest BCUT2D eigenvalue weighted by Crippen LogP contribution is -2.02. The third-order valence-electron chi connectivity index (χ3n) is 7.42. The van der Waals surface area contributed by atoms with E-state index in [2.05, 4.69) is 26.9 Å². The Bertz CT molecular complexity index is 2080. The normalized spacial score (nSPS) is 11.8. The molecule has 8 heteroatoms. The van der Waals surface area contributed by atoms with Crippen LogP contribution in [0.3, 0.4) is 0 Å². The summed E-state index contributed by atoms with van der Waals surface area (Å²) in [6.45, 7) is 3.08. The van der Waals surface area contributed by atoms with Crippen molar-refractivity contribution >= 4 is 39.3 Å². The van der Waals surface area contributed by atoms with Crippen molar-refractivity contribution in [2.75, 3.05) is 0 Å². The molecule has 0 atom stereocenters. The van der Waals surface area contributed by atoms with Gasteiger partial charge in [-0.3, -0.25) is 9.20 Å². The summed E-state index contributed by atoms with van der Waals surface area (Å²) in [7, 11) is 0. The third kappa shape index (κ3) is 4.00. The van der Waals surface area contributed by atoms with Crippen LogP contribution in [0.1, 0.15) is 23.0 Å². The van der Waals surface area contributed by atoms with Gasteiger partial charge in [0.1, 0.15) is 11.4 Å². The van der Waals surface area contributed by atoms with Crippen LogP contribution < -0.4 is 0 Å². The van der Waals surface area contributed by atoms with Crippen molar-refractivity contribution in [3.63, 3.8) is 0 Å². The van der Waals surface area contributed by atoms with Crippen LogP contribution in [0.15, 0.2) is 119 Å². The number of aryl methyl sites for hydroxylation is 1. The standard InChI is InChI=1S/C33H26N6O2/c1-2-37-25-18-10-9-17-24(25)29(32(37)41)35-36-31(40)30-28(23-15-7-4-8-16-23)34-33-38(21-22-13-5-3-6-14-22)26-19-11-12-20-27(26)39(30)33/h3-20,41H,2,21H2,1H3. The molecule has 0 radical (unpaired) electrons. The van der Waals surface area contributed by atoms with Crippen LogP contribution in [0, 0.1) is 0 Å². The van der Waals surface area contributed by atoms with E-state index in [1.807, 2.05) is 108 Å². The van der Waals surface area contributed by atoms with Crippen LogP contribution in [-0.4, -0.2) is 29.5 Å². The average Bonchev–Trinajstić information content (AvgIpc) is 3.64. The second-order valence-corrected chi connectivity index (χ2v) is 9.81. The molecule has 0 spiro atoms. The summed E-state index contributed by atoms with van der Waals surface area (Å²) >= 11 is 0. The van der Waals surface area contributed by atoms with E-state index < -0.39 is 5.91 Å². The predicted molar refractivity (Wildman–Crippen MR) is 160 cm³/mol. The smallest absolute Gasteiger partial charge is 0.314 e. The second kappa shape index (κ2) is 9.91. The van der Waals surface area contributed by atoms with Gasteiger partial charge in [-0.1, -0.05) is 91.0 Å². The molecule has 7 rings (SSSR count). The first-order valence-corrected chi connectivity index (χ1v) is 13.5. The number of hydrogen-bond donors (Lipinski definition) is 1. The molecular formula is C33H26N6O2. The Labute approximate surface area is 235 Å². The topological polar surface area (TPSA) is 89.2 Å². The van der Waals surface area contributed by atoms with Gasteiger partial charge in [0.25, 0.3) is 0 Å². The zero-order chi connectivity index (χ0) is 27.9. The number of amides is 1. The molecule has 0 bridgehead atoms. The molecule has 3 heterocycles. The van der Waals surface area contributed by atoms with Gasteiger partial charge in [-0.15, -0.1) is 10.2 Å². The summed E-state index contributed by atoms with van der Waals surface area (Å²) in [5.74, 6) is 0.0658. The Kier molecular flexibility index (Phi) is 5.93. The van der Waals surface area contributed by atoms with Crippen molar-refractivity contribution < 1.29 is 9.90 Å². The van der Waals surface area contributed by atoms with E-state index in [1.165, 1.54) is 0 Å². The summed E-state index contributed by atoms with van der Waals surface area (Å²) in [5, 5.41) is 20.1. The SMILES string of the molecule is CCn1c(O)c(N=NC(=O)c2c(-c3ccccc3)nc3n(Cc4ccccc4)c4ccccc4n23)c2ccccc21. The molecule has 4 aromatic carbocycles. The maximum Gasteiger partial charge on any atom is 0.314 e. The lowest BCUT2D eigenvalue weighted by Gasteiger charge is -2.05. The van der Waals surface area contributed by atoms with Gasteiger partial charge in [0.05, 0.1) is 23.1 Å². The summed E-state index contributed by atoms with van der Waals surface area (Å²) in [5.41, 5.74) is 5.66. The van der Waals surface area contributed by atoms with Crippen LogP contribution in [0.5, 0.6) is 5.88 Å². The van der Waals surface area contributed by atoms with E-state index in [9.17, 15) is 9.90 Å². The molecule has 7 aromatic rings. The molecule has 1 amide bonds. The molecular weight excluding hydrogens is 512 g/mol. The zero-order valence-corrected chi connectivity index (χ0v) is 22.3. The number of benzene rings is 4. The van der Waals surface area contributed by atoms with E-state index in [0.29, 0.717) is 30.3 Å². The van der Waals surface area contributed by atoms with Crippen LogP contribution in [0.25, 0.3) is 39.0 Å². The van der Waals surface area contributed by atoms with Crippen molar-refractivity contribution in [3.8, 4) is 17.1 Å². The highest BCUT2D eigenvalue weighted by molar-refractivity contribution is 6.03. The average molecular weight is 539 g/mol. The molecule has 3 aromatic heterocycles. The minimum atomic E-state index is -0.549. The van der Waals surface area contributed by atoms with Gasteiger partial charge in [0, 0.05) is 17.5 Å². The number of nitrogens with zero attached hydrogens (tertiary/aromatic N) is 6. The molecule has 8 nitrogen and oxygen atoms in total. The zero-order valence-electron chi connectivity index (χ0n) is 22.3. The molecule has 41 heavy (non-hydrogen) atoms. The molecule has 0 aliphatic rings. The first-order valence-electron chi connectivity index (χ1n) is 13.5. The number of hydrogen-bond acceptors (Lipinski definition) is 4. The number of rotatable bonds is 6. The van der Waals surface area contributed by atoms with E-state index in [0.717, 1.165) is 33.1 Å². The number of carbonyl (C=O) groups is 1. The number of aromatic nitrogens is 4. The third-order valence-corrected chi connectivity index (χ3v) is 7.42. The Morgan fingerprint density at radius 2 is 1.41 bits per heavy atom. The molecule has 0 saturated heterocycles. The number of carbonyl (C=O) groups excluding carboxylic acids is 1. The van der Waals surface area contributed by atoms with Crippen molar-refractivity contribution in [3.05, 3.63) is 120 Å². The van der Waals surface area contributed by atoms with Crippen LogP contribution in [0.4, 0.5) is 5.69 Å². The second-order valence-electron chi connectivity index (χ2n) is 9.81. The molecule has 200 valence electrons. The fourth-order valence-electron chi connectivity index (χ4n) is 5.56. The number of para-hydroxylation sites is 3. The fourth-order valence-corrected chi connectivity index (χ4v) is 5.56. The summed E-state index contributed by atoms with van der Waals surface area (Å²) in [4.78, 5) is 19.0. The predicted octanol–water partition coefficient (Wildman–Crippen LogP) is 7.61. The van der Waals surface area contributed by atoms with Crippen LogP contribution >= 0.6 is 0 Å². The van der Waals surface area contributed by atoms with E-state index >= 15 is 0 Å². The fraction of sp³-hybridized carbons (Fsp3) is 0.0909. The lowest BCUT2D eigenvalue weighted by atomic mass is 10.1. The van der Waals surface area contributed by atoms with Gasteiger partial charge in [0.15, 0.2) is 5.69 Å². The molecule has 1 N–H and O–H groups in total. The van der Waals surface area contributed by atoms with Crippen molar-refractivity contribution in [2.45, 2.75) is 20.0 Å². The van der Waals surface area contributed by atoms with Crippen molar-refractivity contribution in [1.29, 1.82) is 0 Å². The van der Waals surface area contributed by atoms with Gasteiger partial charge < -0.3 is 14.2 Å². The van der Waals surface area contributed by atoms with E-state index in [-0.39, 0.29) is 11.6 Å². The number of imidazole rings is 2. The lowest BCUT2D eigenvalue weighted by molar-refractivity contribution is 0.0990. The highest BCUT2D eigenvalue weighted by atomic mass is 16.3. The number of aromatic hydroxyl groups is 1. The van der Waals surface area contributed by atoms with Gasteiger partial charge in [-0.2, -0.15) is 0 Å². The maximum atomic E-state index is 14.0. The minimum Gasteiger partial charge on any atom is -0.493 e. The monoisotopic (exact) mass is 538 g/mol. The number of fused-ring (bicyclic) bond motifs is 4. The summed E-state index contributed by atoms with van der Waals surface area (Å²) in [6, 6.07) is 35.3. The highest BCUT2D eigenvalue weighted by Gasteiger charge is 2.26. The Hall–Kier alpha value is -5.50. The molecule has 0 fully saturated rings. The Morgan fingerprint density at radius 3 is 2.15 bits per heavy atom. The molecule has 0 aliphatic carbocycles.